The predicted molar refractivity (Wildman–Crippen MR) is 96.9 cm³/mol. The van der Waals surface area contributed by atoms with Crippen LogP contribution in [0.3, 0.4) is 0 Å². The maximum atomic E-state index is 5.19. The van der Waals surface area contributed by atoms with E-state index in [1.807, 2.05) is 0 Å². The van der Waals surface area contributed by atoms with E-state index in [9.17, 15) is 0 Å². The number of nitrogens with zero attached hydrogens (tertiary/aromatic N) is 2. The minimum Gasteiger partial charge on any atom is -0.253 e. The SMILES string of the molecule is CCC(C)c1nc(C(C)CC)c(C(C)CC)nc1C(C)CC. The average Bonchev–Trinajstić information content (AvgIpc) is 2.57. The summed E-state index contributed by atoms with van der Waals surface area (Å²) in [7, 11) is 0. The highest BCUT2D eigenvalue weighted by atomic mass is 14.9. The summed E-state index contributed by atoms with van der Waals surface area (Å²) < 4.78 is 0. The quantitative estimate of drug-likeness (QED) is 0.545. The van der Waals surface area contributed by atoms with Crippen LogP contribution in [0.5, 0.6) is 0 Å². The molecule has 0 bridgehead atoms. The summed E-state index contributed by atoms with van der Waals surface area (Å²) in [4.78, 5) is 10.4. The van der Waals surface area contributed by atoms with Crippen molar-refractivity contribution in [3.05, 3.63) is 22.8 Å². The van der Waals surface area contributed by atoms with Gasteiger partial charge in [0.25, 0.3) is 0 Å². The van der Waals surface area contributed by atoms with Crippen LogP contribution in [0.4, 0.5) is 0 Å². The van der Waals surface area contributed by atoms with E-state index < -0.39 is 0 Å². The summed E-state index contributed by atoms with van der Waals surface area (Å²) in [6, 6.07) is 0. The molecule has 1 rings (SSSR count). The molecule has 4 atom stereocenters. The summed E-state index contributed by atoms with van der Waals surface area (Å²) in [5.74, 6) is 1.96. The normalized spacial score (nSPS) is 17.1. The van der Waals surface area contributed by atoms with E-state index in [2.05, 4.69) is 55.4 Å². The molecule has 126 valence electrons. The molecule has 0 radical (unpaired) electrons. The molecule has 1 aromatic rings. The second-order valence-electron chi connectivity index (χ2n) is 7.00. The summed E-state index contributed by atoms with van der Waals surface area (Å²) in [5.41, 5.74) is 5.00. The third kappa shape index (κ3) is 4.08. The first kappa shape index (κ1) is 19.1. The van der Waals surface area contributed by atoms with Gasteiger partial charge in [-0.05, 0) is 49.4 Å². The molecule has 1 heterocycles. The smallest absolute Gasteiger partial charge is 0.0653 e. The molecule has 0 saturated heterocycles. The van der Waals surface area contributed by atoms with Gasteiger partial charge in [0.05, 0.1) is 22.8 Å². The Morgan fingerprint density at radius 1 is 0.500 bits per heavy atom. The van der Waals surface area contributed by atoms with Crippen molar-refractivity contribution in [2.45, 2.75) is 105 Å². The molecular weight excluding hydrogens is 268 g/mol. The van der Waals surface area contributed by atoms with Crippen molar-refractivity contribution in [1.82, 2.24) is 9.97 Å². The maximum Gasteiger partial charge on any atom is 0.0653 e. The van der Waals surface area contributed by atoms with E-state index in [0.717, 1.165) is 25.7 Å². The van der Waals surface area contributed by atoms with Gasteiger partial charge in [-0.2, -0.15) is 0 Å². The van der Waals surface area contributed by atoms with Crippen LogP contribution in [0, 0.1) is 0 Å². The summed E-state index contributed by atoms with van der Waals surface area (Å²) in [6.07, 6.45) is 4.50. The highest BCUT2D eigenvalue weighted by Crippen LogP contribution is 2.33. The van der Waals surface area contributed by atoms with E-state index in [1.54, 1.807) is 0 Å². The van der Waals surface area contributed by atoms with Gasteiger partial charge in [0.1, 0.15) is 0 Å². The summed E-state index contributed by atoms with van der Waals surface area (Å²) in [6.45, 7) is 18.2. The molecule has 0 N–H and O–H groups in total. The van der Waals surface area contributed by atoms with Crippen LogP contribution in [0.15, 0.2) is 0 Å². The van der Waals surface area contributed by atoms with Gasteiger partial charge < -0.3 is 0 Å². The first-order valence-corrected chi connectivity index (χ1v) is 9.32. The zero-order valence-corrected chi connectivity index (χ0v) is 16.0. The second-order valence-corrected chi connectivity index (χ2v) is 7.00. The van der Waals surface area contributed by atoms with Crippen LogP contribution < -0.4 is 0 Å². The molecule has 0 aliphatic heterocycles. The topological polar surface area (TPSA) is 25.8 Å². The second kappa shape index (κ2) is 8.64. The highest BCUT2D eigenvalue weighted by molar-refractivity contribution is 5.29. The van der Waals surface area contributed by atoms with Crippen LogP contribution in [0.2, 0.25) is 0 Å². The first-order chi connectivity index (χ1) is 10.4. The minimum absolute atomic E-state index is 0.491. The Morgan fingerprint density at radius 3 is 0.818 bits per heavy atom. The van der Waals surface area contributed by atoms with Crippen LogP contribution in [0.1, 0.15) is 128 Å². The lowest BCUT2D eigenvalue weighted by atomic mass is 9.90. The molecule has 0 amide bonds. The van der Waals surface area contributed by atoms with E-state index in [4.69, 9.17) is 9.97 Å². The van der Waals surface area contributed by atoms with Gasteiger partial charge in [-0.1, -0.05) is 55.4 Å². The molecule has 1 aromatic heterocycles. The molecule has 0 spiro atoms. The van der Waals surface area contributed by atoms with Crippen molar-refractivity contribution in [2.75, 3.05) is 0 Å². The lowest BCUT2D eigenvalue weighted by molar-refractivity contribution is 0.579. The largest absolute Gasteiger partial charge is 0.253 e. The number of hydrogen-bond acceptors (Lipinski definition) is 2. The van der Waals surface area contributed by atoms with Crippen molar-refractivity contribution >= 4 is 0 Å². The first-order valence-electron chi connectivity index (χ1n) is 9.32. The molecule has 2 nitrogen and oxygen atoms in total. The standard InChI is InChI=1S/C20H36N2/c1-9-13(5)17-18(14(6)10-2)22-20(16(8)12-4)19(21-17)15(7)11-3/h13-16H,9-12H2,1-8H3. The van der Waals surface area contributed by atoms with Gasteiger partial charge in [-0.15, -0.1) is 0 Å². The van der Waals surface area contributed by atoms with E-state index in [0.29, 0.717) is 23.7 Å². The Bertz CT molecular complexity index is 385. The minimum atomic E-state index is 0.491. The van der Waals surface area contributed by atoms with Gasteiger partial charge in [0.15, 0.2) is 0 Å². The van der Waals surface area contributed by atoms with Crippen molar-refractivity contribution in [3.63, 3.8) is 0 Å². The van der Waals surface area contributed by atoms with Crippen molar-refractivity contribution in [1.29, 1.82) is 0 Å². The zero-order valence-electron chi connectivity index (χ0n) is 16.0. The highest BCUT2D eigenvalue weighted by Gasteiger charge is 2.24. The number of hydrogen-bond donors (Lipinski definition) is 0. The molecule has 4 unspecified atom stereocenters. The molecule has 0 saturated carbocycles. The Balaban J connectivity index is 3.55. The van der Waals surface area contributed by atoms with Gasteiger partial charge in [-0.3, -0.25) is 9.97 Å². The number of rotatable bonds is 8. The molecule has 0 aliphatic carbocycles. The molecule has 0 aromatic carbocycles. The van der Waals surface area contributed by atoms with E-state index >= 15 is 0 Å². The van der Waals surface area contributed by atoms with Gasteiger partial charge in [0.2, 0.25) is 0 Å². The molecule has 22 heavy (non-hydrogen) atoms. The summed E-state index contributed by atoms with van der Waals surface area (Å²) in [5, 5.41) is 0. The predicted octanol–water partition coefficient (Wildman–Crippen LogP) is 6.53. The zero-order chi connectivity index (χ0) is 16.9. The lowest BCUT2D eigenvalue weighted by Crippen LogP contribution is -2.16. The fraction of sp³-hybridized carbons (Fsp3) is 0.800. The van der Waals surface area contributed by atoms with Crippen molar-refractivity contribution in [3.8, 4) is 0 Å². The van der Waals surface area contributed by atoms with Gasteiger partial charge in [0, 0.05) is 0 Å². The number of aromatic nitrogens is 2. The monoisotopic (exact) mass is 304 g/mol. The Hall–Kier alpha value is -0.920. The lowest BCUT2D eigenvalue weighted by Gasteiger charge is -2.24. The van der Waals surface area contributed by atoms with Crippen LogP contribution in [0.25, 0.3) is 0 Å². The molecule has 2 heteroatoms. The van der Waals surface area contributed by atoms with Crippen molar-refractivity contribution < 1.29 is 0 Å². The maximum absolute atomic E-state index is 5.19. The Kier molecular flexibility index (Phi) is 7.52. The van der Waals surface area contributed by atoms with Crippen LogP contribution >= 0.6 is 0 Å². The average molecular weight is 305 g/mol. The van der Waals surface area contributed by atoms with E-state index in [1.165, 1.54) is 22.8 Å². The third-order valence-corrected chi connectivity index (χ3v) is 5.32. The van der Waals surface area contributed by atoms with Crippen molar-refractivity contribution in [2.24, 2.45) is 0 Å². The summed E-state index contributed by atoms with van der Waals surface area (Å²) >= 11 is 0. The fourth-order valence-electron chi connectivity index (χ4n) is 2.71. The fourth-order valence-corrected chi connectivity index (χ4v) is 2.71. The van der Waals surface area contributed by atoms with Crippen LogP contribution in [-0.4, -0.2) is 9.97 Å². The van der Waals surface area contributed by atoms with Gasteiger partial charge >= 0.3 is 0 Å². The van der Waals surface area contributed by atoms with Crippen LogP contribution in [-0.2, 0) is 0 Å². The Morgan fingerprint density at radius 2 is 0.682 bits per heavy atom. The third-order valence-electron chi connectivity index (χ3n) is 5.32. The van der Waals surface area contributed by atoms with E-state index in [-0.39, 0.29) is 0 Å². The Labute approximate surface area is 138 Å². The molecule has 0 fully saturated rings. The molecule has 0 aliphatic rings. The van der Waals surface area contributed by atoms with Gasteiger partial charge in [-0.25, -0.2) is 0 Å². The molecular formula is C20H36N2.